The summed E-state index contributed by atoms with van der Waals surface area (Å²) in [5, 5.41) is 5.84. The highest BCUT2D eigenvalue weighted by Gasteiger charge is 2.39. The molecule has 3 rings (SSSR count). The second-order valence-corrected chi connectivity index (χ2v) is 8.38. The minimum Gasteiger partial charge on any atom is -0.324 e. The molecule has 148 valence electrons. The molecule has 0 aromatic heterocycles. The van der Waals surface area contributed by atoms with Gasteiger partial charge in [0.2, 0.25) is 5.91 Å². The quantitative estimate of drug-likeness (QED) is 0.532. The lowest BCUT2D eigenvalue weighted by atomic mass is 9.99. The zero-order valence-corrected chi connectivity index (χ0v) is 17.7. The number of hydrazine groups is 1. The van der Waals surface area contributed by atoms with Gasteiger partial charge in [0, 0.05) is 23.0 Å². The average Bonchev–Trinajstić information content (AvgIpc) is 3.07. The molecule has 0 spiro atoms. The van der Waals surface area contributed by atoms with Crippen molar-refractivity contribution in [3.05, 3.63) is 59.7 Å². The first-order valence-corrected chi connectivity index (χ1v) is 10.2. The minimum atomic E-state index is -0.394. The summed E-state index contributed by atoms with van der Waals surface area (Å²) in [5.74, 6) is 0.0591. The fraction of sp³-hybridized carbons (Fsp3) is 0.333. The van der Waals surface area contributed by atoms with E-state index in [2.05, 4.69) is 51.3 Å². The third kappa shape index (κ3) is 4.60. The van der Waals surface area contributed by atoms with Crippen molar-refractivity contribution in [2.75, 3.05) is 10.6 Å². The minimum absolute atomic E-state index is 0.0197. The number of carbonyl (C=O) groups excluding carboxylic acids is 2. The van der Waals surface area contributed by atoms with E-state index in [1.807, 2.05) is 37.3 Å². The smallest absolute Gasteiger partial charge is 0.255 e. The van der Waals surface area contributed by atoms with Crippen molar-refractivity contribution in [1.29, 1.82) is 0 Å². The number of hydrogen-bond donors (Lipinski definition) is 4. The van der Waals surface area contributed by atoms with Gasteiger partial charge in [-0.15, -0.1) is 0 Å². The first-order valence-electron chi connectivity index (χ1n) is 9.30. The highest BCUT2D eigenvalue weighted by Crippen LogP contribution is 2.25. The number of amides is 2. The summed E-state index contributed by atoms with van der Waals surface area (Å²) in [7, 11) is 0. The SMILES string of the molecule is Cc1ccc(NC(=O)c2ccccc2)cc1NC(=O)C1NNC(C(C)C)C1Br. The van der Waals surface area contributed by atoms with E-state index in [1.165, 1.54) is 0 Å². The molecular weight excluding hydrogens is 420 g/mol. The normalized spacial score (nSPS) is 21.5. The molecule has 1 saturated heterocycles. The molecule has 2 aromatic carbocycles. The third-order valence-electron chi connectivity index (χ3n) is 4.86. The number of anilines is 2. The fourth-order valence-electron chi connectivity index (χ4n) is 3.13. The van der Waals surface area contributed by atoms with Crippen molar-refractivity contribution in [3.63, 3.8) is 0 Å². The van der Waals surface area contributed by atoms with Crippen molar-refractivity contribution in [2.24, 2.45) is 5.92 Å². The topological polar surface area (TPSA) is 82.3 Å². The van der Waals surface area contributed by atoms with Gasteiger partial charge in [-0.3, -0.25) is 15.0 Å². The summed E-state index contributed by atoms with van der Waals surface area (Å²) in [6.07, 6.45) is 0. The molecule has 28 heavy (non-hydrogen) atoms. The number of hydrogen-bond acceptors (Lipinski definition) is 4. The Kier molecular flexibility index (Phi) is 6.49. The fourth-order valence-corrected chi connectivity index (χ4v) is 4.25. The number of benzene rings is 2. The van der Waals surface area contributed by atoms with Crippen LogP contribution >= 0.6 is 15.9 Å². The van der Waals surface area contributed by atoms with Crippen molar-refractivity contribution in [3.8, 4) is 0 Å². The number of aryl methyl sites for hydroxylation is 1. The van der Waals surface area contributed by atoms with Gasteiger partial charge < -0.3 is 10.6 Å². The number of nitrogens with one attached hydrogen (secondary N) is 4. The standard InChI is InChI=1S/C21H25BrN4O2/c1-12(2)18-17(22)19(26-25-18)21(28)24-16-11-15(10-9-13(16)3)23-20(27)14-7-5-4-6-8-14/h4-12,17-19,25-26H,1-3H3,(H,23,27)(H,24,28). The van der Waals surface area contributed by atoms with Crippen LogP contribution in [-0.2, 0) is 4.79 Å². The highest BCUT2D eigenvalue weighted by molar-refractivity contribution is 9.09. The maximum Gasteiger partial charge on any atom is 0.255 e. The Morgan fingerprint density at radius 3 is 2.39 bits per heavy atom. The van der Waals surface area contributed by atoms with E-state index in [0.717, 1.165) is 5.56 Å². The van der Waals surface area contributed by atoms with Crippen LogP contribution in [0, 0.1) is 12.8 Å². The molecule has 1 heterocycles. The molecule has 6 nitrogen and oxygen atoms in total. The molecule has 3 atom stereocenters. The molecule has 2 aromatic rings. The Bertz CT molecular complexity index is 857. The van der Waals surface area contributed by atoms with E-state index in [9.17, 15) is 9.59 Å². The Balaban J connectivity index is 1.70. The first-order chi connectivity index (χ1) is 13.4. The van der Waals surface area contributed by atoms with E-state index in [0.29, 0.717) is 22.9 Å². The predicted octanol–water partition coefficient (Wildman–Crippen LogP) is 3.45. The van der Waals surface area contributed by atoms with Crippen LogP contribution in [0.3, 0.4) is 0 Å². The van der Waals surface area contributed by atoms with Crippen LogP contribution < -0.4 is 21.5 Å². The Morgan fingerprint density at radius 2 is 1.75 bits per heavy atom. The van der Waals surface area contributed by atoms with Gasteiger partial charge in [-0.05, 0) is 42.7 Å². The van der Waals surface area contributed by atoms with Crippen LogP contribution in [0.4, 0.5) is 11.4 Å². The van der Waals surface area contributed by atoms with Crippen LogP contribution in [0.15, 0.2) is 48.5 Å². The largest absolute Gasteiger partial charge is 0.324 e. The van der Waals surface area contributed by atoms with E-state index in [4.69, 9.17) is 0 Å². The summed E-state index contributed by atoms with van der Waals surface area (Å²) in [4.78, 5) is 25.1. The van der Waals surface area contributed by atoms with E-state index in [1.54, 1.807) is 18.2 Å². The van der Waals surface area contributed by atoms with Crippen LogP contribution in [-0.4, -0.2) is 28.7 Å². The van der Waals surface area contributed by atoms with Gasteiger partial charge in [-0.1, -0.05) is 54.0 Å². The molecular formula is C21H25BrN4O2. The van der Waals surface area contributed by atoms with Gasteiger partial charge in [0.15, 0.2) is 0 Å². The van der Waals surface area contributed by atoms with E-state index < -0.39 is 6.04 Å². The summed E-state index contributed by atoms with van der Waals surface area (Å²) < 4.78 is 0. The van der Waals surface area contributed by atoms with Crippen molar-refractivity contribution in [1.82, 2.24) is 10.9 Å². The molecule has 1 aliphatic rings. The molecule has 7 heteroatoms. The maximum absolute atomic E-state index is 12.8. The van der Waals surface area contributed by atoms with Crippen LogP contribution in [0.1, 0.15) is 29.8 Å². The molecule has 0 aliphatic carbocycles. The summed E-state index contributed by atoms with van der Waals surface area (Å²) >= 11 is 3.63. The average molecular weight is 445 g/mol. The Morgan fingerprint density at radius 1 is 1.04 bits per heavy atom. The summed E-state index contributed by atoms with van der Waals surface area (Å²) in [5.41, 5.74) is 9.04. The lowest BCUT2D eigenvalue weighted by molar-refractivity contribution is -0.117. The lowest BCUT2D eigenvalue weighted by Crippen LogP contribution is -2.42. The molecule has 4 N–H and O–H groups in total. The Hall–Kier alpha value is -2.22. The van der Waals surface area contributed by atoms with Crippen molar-refractivity contribution < 1.29 is 9.59 Å². The van der Waals surface area contributed by atoms with Crippen molar-refractivity contribution >= 4 is 39.1 Å². The van der Waals surface area contributed by atoms with Crippen LogP contribution in [0.25, 0.3) is 0 Å². The molecule has 0 saturated carbocycles. The zero-order chi connectivity index (χ0) is 20.3. The highest BCUT2D eigenvalue weighted by atomic mass is 79.9. The monoisotopic (exact) mass is 444 g/mol. The first kappa shape index (κ1) is 20.5. The van der Waals surface area contributed by atoms with Gasteiger partial charge in [0.1, 0.15) is 6.04 Å². The van der Waals surface area contributed by atoms with E-state index >= 15 is 0 Å². The van der Waals surface area contributed by atoms with Crippen LogP contribution in [0.2, 0.25) is 0 Å². The molecule has 2 amide bonds. The zero-order valence-electron chi connectivity index (χ0n) is 16.1. The van der Waals surface area contributed by atoms with Gasteiger partial charge in [-0.2, -0.15) is 0 Å². The predicted molar refractivity (Wildman–Crippen MR) is 116 cm³/mol. The number of rotatable bonds is 5. The second-order valence-electron chi connectivity index (χ2n) is 7.32. The van der Waals surface area contributed by atoms with E-state index in [-0.39, 0.29) is 22.7 Å². The number of alkyl halides is 1. The molecule has 0 bridgehead atoms. The molecule has 3 unspecified atom stereocenters. The van der Waals surface area contributed by atoms with Gasteiger partial charge in [-0.25, -0.2) is 5.43 Å². The molecule has 1 fully saturated rings. The summed E-state index contributed by atoms with van der Waals surface area (Å²) in [6.45, 7) is 6.13. The molecule has 0 radical (unpaired) electrons. The summed E-state index contributed by atoms with van der Waals surface area (Å²) in [6, 6.07) is 14.3. The number of carbonyl (C=O) groups is 2. The lowest BCUT2D eigenvalue weighted by Gasteiger charge is -2.20. The van der Waals surface area contributed by atoms with Crippen LogP contribution in [0.5, 0.6) is 0 Å². The van der Waals surface area contributed by atoms with Gasteiger partial charge in [0.05, 0.1) is 4.83 Å². The maximum atomic E-state index is 12.8. The Labute approximate surface area is 173 Å². The van der Waals surface area contributed by atoms with Crippen molar-refractivity contribution in [2.45, 2.75) is 37.7 Å². The third-order valence-corrected chi connectivity index (χ3v) is 5.96. The van der Waals surface area contributed by atoms with Gasteiger partial charge >= 0.3 is 0 Å². The second kappa shape index (κ2) is 8.86. The van der Waals surface area contributed by atoms with Gasteiger partial charge in [0.25, 0.3) is 5.91 Å². The molecule has 1 aliphatic heterocycles. The number of halogens is 1.